The maximum absolute atomic E-state index is 12.1. The van der Waals surface area contributed by atoms with Crippen LogP contribution in [0.2, 0.25) is 0 Å². The van der Waals surface area contributed by atoms with Crippen molar-refractivity contribution in [1.82, 2.24) is 10.3 Å². The van der Waals surface area contributed by atoms with Crippen LogP contribution in [0.5, 0.6) is 5.75 Å². The Labute approximate surface area is 114 Å². The molecule has 0 amide bonds. The van der Waals surface area contributed by atoms with Gasteiger partial charge in [0.2, 0.25) is 0 Å². The minimum atomic E-state index is -3.11. The summed E-state index contributed by atoms with van der Waals surface area (Å²) in [5.41, 5.74) is 2.33. The molecule has 5 nitrogen and oxygen atoms in total. The van der Waals surface area contributed by atoms with E-state index < -0.39 is 9.84 Å². The molecule has 0 aliphatic carbocycles. The van der Waals surface area contributed by atoms with Crippen molar-refractivity contribution in [2.75, 3.05) is 26.0 Å². The fraction of sp³-hybridized carbons (Fsp3) is 0.615. The predicted molar refractivity (Wildman–Crippen MR) is 74.1 cm³/mol. The molecule has 0 aromatic carbocycles. The van der Waals surface area contributed by atoms with Crippen molar-refractivity contribution >= 4 is 9.84 Å². The summed E-state index contributed by atoms with van der Waals surface area (Å²) in [6.07, 6.45) is 1.67. The number of hydrogen-bond donors (Lipinski definition) is 1. The molecule has 1 saturated heterocycles. The average Bonchev–Trinajstić information content (AvgIpc) is 2.29. The number of ether oxygens (including phenoxy) is 1. The number of nitrogens with zero attached hydrogens (tertiary/aromatic N) is 1. The monoisotopic (exact) mass is 284 g/mol. The van der Waals surface area contributed by atoms with Crippen LogP contribution in [-0.4, -0.2) is 39.4 Å². The van der Waals surface area contributed by atoms with Crippen LogP contribution in [0.1, 0.15) is 16.8 Å². The quantitative estimate of drug-likeness (QED) is 0.868. The Morgan fingerprint density at radius 3 is 2.63 bits per heavy atom. The molecule has 1 N–H and O–H groups in total. The minimum Gasteiger partial charge on any atom is -0.496 e. The second-order valence-electron chi connectivity index (χ2n) is 5.13. The second kappa shape index (κ2) is 5.46. The number of aryl methyl sites for hydroxylation is 1. The fourth-order valence-corrected chi connectivity index (χ4v) is 4.09. The Kier molecular flexibility index (Phi) is 4.10. The topological polar surface area (TPSA) is 68.3 Å². The molecule has 6 heteroatoms. The van der Waals surface area contributed by atoms with Gasteiger partial charge >= 0.3 is 0 Å². The average molecular weight is 284 g/mol. The van der Waals surface area contributed by atoms with Gasteiger partial charge in [0.05, 0.1) is 24.3 Å². The maximum Gasteiger partial charge on any atom is 0.156 e. The molecule has 1 aromatic heterocycles. The standard InChI is InChI=1S/C13H20N2O3S/c1-9-4-15-12(10(2)13(9)18-3)8-19(16,17)7-11-5-14-6-11/h4,11,14H,5-8H2,1-3H3. The lowest BCUT2D eigenvalue weighted by atomic mass is 10.1. The highest BCUT2D eigenvalue weighted by molar-refractivity contribution is 7.90. The Morgan fingerprint density at radius 2 is 2.11 bits per heavy atom. The lowest BCUT2D eigenvalue weighted by molar-refractivity contribution is 0.378. The van der Waals surface area contributed by atoms with Crippen LogP contribution >= 0.6 is 0 Å². The molecular weight excluding hydrogens is 264 g/mol. The Balaban J connectivity index is 2.18. The SMILES string of the molecule is COc1c(C)cnc(CS(=O)(=O)CC2CNC2)c1C. The number of methoxy groups -OCH3 is 1. The summed E-state index contributed by atoms with van der Waals surface area (Å²) in [4.78, 5) is 4.25. The van der Waals surface area contributed by atoms with Crippen molar-refractivity contribution in [2.45, 2.75) is 19.6 Å². The first kappa shape index (κ1) is 14.3. The first-order valence-electron chi connectivity index (χ1n) is 6.33. The summed E-state index contributed by atoms with van der Waals surface area (Å²) in [6.45, 7) is 5.34. The van der Waals surface area contributed by atoms with E-state index in [9.17, 15) is 8.42 Å². The molecule has 0 unspecified atom stereocenters. The van der Waals surface area contributed by atoms with Gasteiger partial charge in [-0.05, 0) is 19.8 Å². The van der Waals surface area contributed by atoms with Crippen molar-refractivity contribution in [2.24, 2.45) is 5.92 Å². The predicted octanol–water partition coefficient (Wildman–Crippen LogP) is 0.841. The summed E-state index contributed by atoms with van der Waals surface area (Å²) in [5, 5.41) is 3.08. The summed E-state index contributed by atoms with van der Waals surface area (Å²) >= 11 is 0. The molecule has 1 aromatic rings. The summed E-state index contributed by atoms with van der Waals surface area (Å²) in [7, 11) is -1.52. The van der Waals surface area contributed by atoms with E-state index in [0.717, 1.165) is 30.0 Å². The largest absolute Gasteiger partial charge is 0.496 e. The Bertz CT molecular complexity index is 565. The van der Waals surface area contributed by atoms with E-state index in [1.54, 1.807) is 13.3 Å². The van der Waals surface area contributed by atoms with E-state index >= 15 is 0 Å². The zero-order valence-corrected chi connectivity index (χ0v) is 12.4. The van der Waals surface area contributed by atoms with Crippen LogP contribution in [0.4, 0.5) is 0 Å². The molecule has 19 heavy (non-hydrogen) atoms. The van der Waals surface area contributed by atoms with Gasteiger partial charge in [-0.15, -0.1) is 0 Å². The molecule has 0 radical (unpaired) electrons. The number of aromatic nitrogens is 1. The highest BCUT2D eigenvalue weighted by Gasteiger charge is 2.25. The highest BCUT2D eigenvalue weighted by Crippen LogP contribution is 2.25. The zero-order chi connectivity index (χ0) is 14.0. The third-order valence-corrected chi connectivity index (χ3v) is 5.15. The van der Waals surface area contributed by atoms with Crippen LogP contribution in [0.3, 0.4) is 0 Å². The van der Waals surface area contributed by atoms with E-state index in [2.05, 4.69) is 10.3 Å². The van der Waals surface area contributed by atoms with E-state index in [1.807, 2.05) is 13.8 Å². The second-order valence-corrected chi connectivity index (χ2v) is 7.23. The van der Waals surface area contributed by atoms with Crippen molar-refractivity contribution in [3.05, 3.63) is 23.0 Å². The van der Waals surface area contributed by atoms with Crippen LogP contribution in [-0.2, 0) is 15.6 Å². The van der Waals surface area contributed by atoms with Gasteiger partial charge in [0.25, 0.3) is 0 Å². The lowest BCUT2D eigenvalue weighted by Gasteiger charge is -2.26. The molecule has 2 rings (SSSR count). The minimum absolute atomic E-state index is 0.00796. The maximum atomic E-state index is 12.1. The lowest BCUT2D eigenvalue weighted by Crippen LogP contribution is -2.45. The molecular formula is C13H20N2O3S. The number of nitrogens with one attached hydrogen (secondary N) is 1. The Hall–Kier alpha value is -1.14. The van der Waals surface area contributed by atoms with Gasteiger partial charge in [-0.3, -0.25) is 4.98 Å². The van der Waals surface area contributed by atoms with E-state index in [-0.39, 0.29) is 17.4 Å². The molecule has 0 atom stereocenters. The molecule has 1 fully saturated rings. The first-order chi connectivity index (χ1) is 8.93. The number of sulfone groups is 1. The number of hydrogen-bond acceptors (Lipinski definition) is 5. The van der Waals surface area contributed by atoms with Crippen LogP contribution < -0.4 is 10.1 Å². The van der Waals surface area contributed by atoms with E-state index in [0.29, 0.717) is 5.69 Å². The van der Waals surface area contributed by atoms with Gasteiger partial charge in [0.1, 0.15) is 5.75 Å². The highest BCUT2D eigenvalue weighted by atomic mass is 32.2. The summed E-state index contributed by atoms with van der Waals surface area (Å²) in [6, 6.07) is 0. The summed E-state index contributed by atoms with van der Waals surface area (Å²) in [5.74, 6) is 1.20. The zero-order valence-electron chi connectivity index (χ0n) is 11.6. The van der Waals surface area contributed by atoms with Crippen molar-refractivity contribution in [3.8, 4) is 5.75 Å². The molecule has 106 valence electrons. The van der Waals surface area contributed by atoms with Crippen LogP contribution in [0, 0.1) is 19.8 Å². The van der Waals surface area contributed by atoms with Gasteiger partial charge in [-0.1, -0.05) is 0 Å². The molecule has 1 aliphatic rings. The van der Waals surface area contributed by atoms with E-state index in [4.69, 9.17) is 4.74 Å². The van der Waals surface area contributed by atoms with Crippen molar-refractivity contribution < 1.29 is 13.2 Å². The van der Waals surface area contributed by atoms with Gasteiger partial charge < -0.3 is 10.1 Å². The normalized spacial score (nSPS) is 16.2. The number of rotatable bonds is 5. The Morgan fingerprint density at radius 1 is 1.42 bits per heavy atom. The third kappa shape index (κ3) is 3.25. The smallest absolute Gasteiger partial charge is 0.156 e. The van der Waals surface area contributed by atoms with Crippen LogP contribution in [0.15, 0.2) is 6.20 Å². The van der Waals surface area contributed by atoms with Gasteiger partial charge in [0.15, 0.2) is 9.84 Å². The van der Waals surface area contributed by atoms with E-state index in [1.165, 1.54) is 0 Å². The number of pyridine rings is 1. The van der Waals surface area contributed by atoms with Crippen molar-refractivity contribution in [3.63, 3.8) is 0 Å². The molecule has 0 bridgehead atoms. The van der Waals surface area contributed by atoms with Gasteiger partial charge in [0, 0.05) is 30.4 Å². The summed E-state index contributed by atoms with van der Waals surface area (Å²) < 4.78 is 29.6. The fourth-order valence-electron chi connectivity index (χ4n) is 2.31. The first-order valence-corrected chi connectivity index (χ1v) is 8.15. The van der Waals surface area contributed by atoms with Crippen LogP contribution in [0.25, 0.3) is 0 Å². The van der Waals surface area contributed by atoms with Gasteiger partial charge in [-0.25, -0.2) is 8.42 Å². The third-order valence-electron chi connectivity index (χ3n) is 3.46. The van der Waals surface area contributed by atoms with Crippen molar-refractivity contribution in [1.29, 1.82) is 0 Å². The molecule has 1 aliphatic heterocycles. The molecule has 0 saturated carbocycles. The molecule has 0 spiro atoms. The molecule has 2 heterocycles. The van der Waals surface area contributed by atoms with Gasteiger partial charge in [-0.2, -0.15) is 0 Å².